The van der Waals surface area contributed by atoms with Crippen LogP contribution in [0.5, 0.6) is 0 Å². The van der Waals surface area contributed by atoms with Gasteiger partial charge in [-0.2, -0.15) is 0 Å². The number of imidazole rings is 1. The molecule has 1 aliphatic heterocycles. The van der Waals surface area contributed by atoms with Gasteiger partial charge in [0.05, 0.1) is 12.3 Å². The first kappa shape index (κ1) is 15.0. The highest BCUT2D eigenvalue weighted by Gasteiger charge is 2.19. The first-order valence-electron chi connectivity index (χ1n) is 7.68. The number of aromatic nitrogens is 2. The lowest BCUT2D eigenvalue weighted by molar-refractivity contribution is 0.167. The Bertz CT molecular complexity index is 516. The van der Waals surface area contributed by atoms with Crippen LogP contribution in [0, 0.1) is 5.92 Å². The minimum Gasteiger partial charge on any atom is -0.383 e. The Morgan fingerprint density at radius 1 is 1.43 bits per heavy atom. The van der Waals surface area contributed by atoms with E-state index in [1.165, 1.54) is 31.6 Å². The molecule has 0 unspecified atom stereocenters. The van der Waals surface area contributed by atoms with Crippen LogP contribution in [0.15, 0.2) is 17.8 Å². The van der Waals surface area contributed by atoms with Crippen LogP contribution < -0.4 is 5.32 Å². The molecule has 0 radical (unpaired) electrons. The number of rotatable bonds is 7. The molecule has 0 aliphatic carbocycles. The van der Waals surface area contributed by atoms with E-state index in [0.29, 0.717) is 0 Å². The molecule has 0 bridgehead atoms. The Morgan fingerprint density at radius 2 is 2.29 bits per heavy atom. The molecule has 1 N–H and O–H groups in total. The van der Waals surface area contributed by atoms with Crippen LogP contribution in [0.25, 0.3) is 4.96 Å². The third-order valence-corrected chi connectivity index (χ3v) is 4.92. The van der Waals surface area contributed by atoms with Crippen LogP contribution in [-0.2, 0) is 11.3 Å². The van der Waals surface area contributed by atoms with Crippen LogP contribution >= 0.6 is 11.3 Å². The van der Waals surface area contributed by atoms with E-state index in [9.17, 15) is 0 Å². The van der Waals surface area contributed by atoms with Gasteiger partial charge in [-0.05, 0) is 38.4 Å². The molecule has 1 fully saturated rings. The van der Waals surface area contributed by atoms with Gasteiger partial charge in [-0.1, -0.05) is 0 Å². The van der Waals surface area contributed by atoms with E-state index in [0.717, 1.165) is 37.1 Å². The molecule has 2 aromatic heterocycles. The lowest BCUT2D eigenvalue weighted by Gasteiger charge is -2.31. The summed E-state index contributed by atoms with van der Waals surface area (Å²) in [5.74, 6) is 0.809. The first-order chi connectivity index (χ1) is 10.3. The number of nitrogens with zero attached hydrogens (tertiary/aromatic N) is 3. The summed E-state index contributed by atoms with van der Waals surface area (Å²) in [6.07, 6.45) is 6.79. The summed E-state index contributed by atoms with van der Waals surface area (Å²) in [5.41, 5.74) is 1.19. The molecule has 3 rings (SSSR count). The van der Waals surface area contributed by atoms with E-state index >= 15 is 0 Å². The Kier molecular flexibility index (Phi) is 5.24. The van der Waals surface area contributed by atoms with E-state index in [1.54, 1.807) is 18.4 Å². The van der Waals surface area contributed by atoms with Crippen molar-refractivity contribution in [3.8, 4) is 0 Å². The van der Waals surface area contributed by atoms with Gasteiger partial charge in [-0.15, -0.1) is 11.3 Å². The summed E-state index contributed by atoms with van der Waals surface area (Å²) in [5, 5.41) is 5.55. The molecule has 6 heteroatoms. The van der Waals surface area contributed by atoms with Crippen LogP contribution in [-0.4, -0.2) is 54.2 Å². The van der Waals surface area contributed by atoms with Gasteiger partial charge in [-0.25, -0.2) is 4.98 Å². The van der Waals surface area contributed by atoms with Gasteiger partial charge in [0.25, 0.3) is 0 Å². The standard InChI is InChI=1S/C15H24N4OS/c1-20-8-4-16-10-13-2-5-18(6-3-13)11-14-12-19-7-9-21-15(19)17-14/h7,9,12-13,16H,2-6,8,10-11H2,1H3. The maximum Gasteiger partial charge on any atom is 0.193 e. The number of methoxy groups -OCH3 is 1. The van der Waals surface area contributed by atoms with Crippen molar-refractivity contribution >= 4 is 16.3 Å². The van der Waals surface area contributed by atoms with E-state index < -0.39 is 0 Å². The average molecular weight is 308 g/mol. The largest absolute Gasteiger partial charge is 0.383 e. The third kappa shape index (κ3) is 4.03. The second kappa shape index (κ2) is 7.35. The van der Waals surface area contributed by atoms with Gasteiger partial charge in [0, 0.05) is 38.0 Å². The number of piperidine rings is 1. The highest BCUT2D eigenvalue weighted by Crippen LogP contribution is 2.19. The molecule has 0 amide bonds. The second-order valence-electron chi connectivity index (χ2n) is 5.74. The van der Waals surface area contributed by atoms with E-state index in [-0.39, 0.29) is 0 Å². The number of nitrogens with one attached hydrogen (secondary N) is 1. The Morgan fingerprint density at radius 3 is 3.05 bits per heavy atom. The topological polar surface area (TPSA) is 41.8 Å². The average Bonchev–Trinajstić information content (AvgIpc) is 3.06. The molecule has 21 heavy (non-hydrogen) atoms. The summed E-state index contributed by atoms with van der Waals surface area (Å²) in [6, 6.07) is 0. The maximum absolute atomic E-state index is 5.05. The zero-order valence-corrected chi connectivity index (χ0v) is 13.4. The molecule has 0 saturated carbocycles. The number of ether oxygens (including phenoxy) is 1. The van der Waals surface area contributed by atoms with Crippen molar-refractivity contribution in [3.05, 3.63) is 23.5 Å². The van der Waals surface area contributed by atoms with E-state index in [4.69, 9.17) is 4.74 Å². The van der Waals surface area contributed by atoms with Crippen molar-refractivity contribution < 1.29 is 4.74 Å². The quantitative estimate of drug-likeness (QED) is 0.793. The van der Waals surface area contributed by atoms with E-state index in [2.05, 4.69) is 37.4 Å². The molecule has 0 spiro atoms. The molecule has 5 nitrogen and oxygen atoms in total. The number of hydrogen-bond acceptors (Lipinski definition) is 5. The number of likely N-dealkylation sites (tertiary alicyclic amines) is 1. The second-order valence-corrected chi connectivity index (χ2v) is 6.61. The number of hydrogen-bond donors (Lipinski definition) is 1. The SMILES string of the molecule is COCCNCC1CCN(Cc2cn3ccsc3n2)CC1. The normalized spacial score (nSPS) is 17.8. The van der Waals surface area contributed by atoms with Crippen molar-refractivity contribution in [2.24, 2.45) is 5.92 Å². The first-order valence-corrected chi connectivity index (χ1v) is 8.56. The van der Waals surface area contributed by atoms with E-state index in [1.807, 2.05) is 0 Å². The molecule has 1 saturated heterocycles. The number of fused-ring (bicyclic) bond motifs is 1. The van der Waals surface area contributed by atoms with Gasteiger partial charge in [-0.3, -0.25) is 9.30 Å². The lowest BCUT2D eigenvalue weighted by Crippen LogP contribution is -2.37. The van der Waals surface area contributed by atoms with Crippen molar-refractivity contribution in [1.82, 2.24) is 19.6 Å². The van der Waals surface area contributed by atoms with Crippen molar-refractivity contribution in [2.75, 3.05) is 39.9 Å². The van der Waals surface area contributed by atoms with Crippen LogP contribution in [0.3, 0.4) is 0 Å². The fourth-order valence-corrected chi connectivity index (χ4v) is 3.63. The molecule has 116 valence electrons. The van der Waals surface area contributed by atoms with Gasteiger partial charge in [0.15, 0.2) is 4.96 Å². The Labute approximate surface area is 129 Å². The van der Waals surface area contributed by atoms with Gasteiger partial charge in [0.2, 0.25) is 0 Å². The zero-order chi connectivity index (χ0) is 14.5. The van der Waals surface area contributed by atoms with Gasteiger partial charge >= 0.3 is 0 Å². The smallest absolute Gasteiger partial charge is 0.193 e. The minimum absolute atomic E-state index is 0.802. The molecule has 3 heterocycles. The monoisotopic (exact) mass is 308 g/mol. The Hall–Kier alpha value is -0.950. The van der Waals surface area contributed by atoms with Crippen molar-refractivity contribution in [1.29, 1.82) is 0 Å². The maximum atomic E-state index is 5.05. The fraction of sp³-hybridized carbons (Fsp3) is 0.667. The highest BCUT2D eigenvalue weighted by atomic mass is 32.1. The Balaban J connectivity index is 1.40. The molecule has 2 aromatic rings. The lowest BCUT2D eigenvalue weighted by atomic mass is 9.97. The predicted molar refractivity (Wildman–Crippen MR) is 85.8 cm³/mol. The summed E-state index contributed by atoms with van der Waals surface area (Å²) in [6.45, 7) is 6.23. The third-order valence-electron chi connectivity index (χ3n) is 4.15. The minimum atomic E-state index is 0.802. The molecule has 0 atom stereocenters. The molecular formula is C15H24N4OS. The van der Waals surface area contributed by atoms with Crippen molar-refractivity contribution in [2.45, 2.75) is 19.4 Å². The predicted octanol–water partition coefficient (Wildman–Crippen LogP) is 1.84. The number of thiazole rings is 1. The summed E-state index contributed by atoms with van der Waals surface area (Å²) in [7, 11) is 1.75. The fourth-order valence-electron chi connectivity index (χ4n) is 2.91. The van der Waals surface area contributed by atoms with Gasteiger partial charge in [0.1, 0.15) is 0 Å². The summed E-state index contributed by atoms with van der Waals surface area (Å²) < 4.78 is 7.17. The van der Waals surface area contributed by atoms with Crippen LogP contribution in [0.2, 0.25) is 0 Å². The van der Waals surface area contributed by atoms with Gasteiger partial charge < -0.3 is 10.1 Å². The van der Waals surface area contributed by atoms with Crippen LogP contribution in [0.4, 0.5) is 0 Å². The molecular weight excluding hydrogens is 284 g/mol. The van der Waals surface area contributed by atoms with Crippen molar-refractivity contribution in [3.63, 3.8) is 0 Å². The summed E-state index contributed by atoms with van der Waals surface area (Å²) >= 11 is 1.70. The molecule has 1 aliphatic rings. The summed E-state index contributed by atoms with van der Waals surface area (Å²) in [4.78, 5) is 8.29. The zero-order valence-electron chi connectivity index (χ0n) is 12.6. The van der Waals surface area contributed by atoms with Crippen LogP contribution in [0.1, 0.15) is 18.5 Å². The highest BCUT2D eigenvalue weighted by molar-refractivity contribution is 7.15. The molecule has 0 aromatic carbocycles.